The Bertz CT molecular complexity index is 1080. The van der Waals surface area contributed by atoms with E-state index in [1.165, 1.54) is 7.11 Å². The Morgan fingerprint density at radius 3 is 2.87 bits per heavy atom. The molecular weight excluding hydrogens is 382 g/mol. The highest BCUT2D eigenvalue weighted by Crippen LogP contribution is 2.25. The first-order valence-corrected chi connectivity index (χ1v) is 9.28. The zero-order valence-electron chi connectivity index (χ0n) is 16.4. The van der Waals surface area contributed by atoms with Crippen LogP contribution >= 0.6 is 0 Å². The summed E-state index contributed by atoms with van der Waals surface area (Å²) in [7, 11) is 1.53. The Kier molecular flexibility index (Phi) is 6.92. The zero-order valence-corrected chi connectivity index (χ0v) is 16.4. The molecule has 3 aromatic rings. The maximum absolute atomic E-state index is 11.8. The van der Waals surface area contributed by atoms with Crippen LogP contribution in [0.15, 0.2) is 54.7 Å². The van der Waals surface area contributed by atoms with Gasteiger partial charge >= 0.3 is 6.03 Å². The van der Waals surface area contributed by atoms with E-state index in [-0.39, 0.29) is 19.2 Å². The SMILES string of the molecule is COc1ccc(-c2ccnc(Cc3cccc(NC(=O)NCCO)c3)n2)cc1C#N. The molecular formula is C22H21N5O3. The lowest BCUT2D eigenvalue weighted by molar-refractivity contribution is 0.245. The Morgan fingerprint density at radius 1 is 1.23 bits per heavy atom. The molecule has 152 valence electrons. The number of nitrogens with zero attached hydrogens (tertiary/aromatic N) is 3. The van der Waals surface area contributed by atoms with Crippen LogP contribution in [-0.4, -0.2) is 41.4 Å². The van der Waals surface area contributed by atoms with Crippen LogP contribution in [0.25, 0.3) is 11.3 Å². The summed E-state index contributed by atoms with van der Waals surface area (Å²) in [5, 5.41) is 23.3. The van der Waals surface area contributed by atoms with Crippen molar-refractivity contribution in [2.24, 2.45) is 0 Å². The average Bonchev–Trinajstić information content (AvgIpc) is 2.77. The number of ether oxygens (including phenoxy) is 1. The Labute approximate surface area is 174 Å². The first-order valence-electron chi connectivity index (χ1n) is 9.28. The number of urea groups is 1. The van der Waals surface area contributed by atoms with Crippen molar-refractivity contribution in [3.05, 3.63) is 71.7 Å². The first-order chi connectivity index (χ1) is 14.6. The summed E-state index contributed by atoms with van der Waals surface area (Å²) in [6.45, 7) is 0.0657. The van der Waals surface area contributed by atoms with Crippen molar-refractivity contribution < 1.29 is 14.6 Å². The molecule has 8 heteroatoms. The van der Waals surface area contributed by atoms with Crippen LogP contribution < -0.4 is 15.4 Å². The second-order valence-electron chi connectivity index (χ2n) is 6.37. The van der Waals surface area contributed by atoms with E-state index < -0.39 is 0 Å². The molecule has 30 heavy (non-hydrogen) atoms. The molecule has 0 saturated carbocycles. The van der Waals surface area contributed by atoms with Gasteiger partial charge in [-0.15, -0.1) is 0 Å². The van der Waals surface area contributed by atoms with E-state index in [4.69, 9.17) is 9.84 Å². The lowest BCUT2D eigenvalue weighted by Crippen LogP contribution is -2.30. The van der Waals surface area contributed by atoms with Crippen LogP contribution in [0.4, 0.5) is 10.5 Å². The number of aliphatic hydroxyl groups is 1. The van der Waals surface area contributed by atoms with E-state index in [0.717, 1.165) is 11.1 Å². The second kappa shape index (κ2) is 10.0. The lowest BCUT2D eigenvalue weighted by atomic mass is 10.1. The molecule has 0 bridgehead atoms. The molecule has 0 fully saturated rings. The fourth-order valence-corrected chi connectivity index (χ4v) is 2.89. The van der Waals surface area contributed by atoms with Crippen molar-refractivity contribution in [2.75, 3.05) is 25.6 Å². The topological polar surface area (TPSA) is 120 Å². The van der Waals surface area contributed by atoms with Gasteiger partial charge in [0.15, 0.2) is 0 Å². The van der Waals surface area contributed by atoms with Crippen molar-refractivity contribution in [1.29, 1.82) is 5.26 Å². The van der Waals surface area contributed by atoms with E-state index >= 15 is 0 Å². The number of aliphatic hydroxyl groups excluding tert-OH is 1. The minimum atomic E-state index is -0.382. The maximum atomic E-state index is 11.8. The fraction of sp³-hybridized carbons (Fsp3) is 0.182. The van der Waals surface area contributed by atoms with Crippen molar-refractivity contribution >= 4 is 11.7 Å². The van der Waals surface area contributed by atoms with Crippen LogP contribution in [0.3, 0.4) is 0 Å². The largest absolute Gasteiger partial charge is 0.495 e. The highest BCUT2D eigenvalue weighted by atomic mass is 16.5. The summed E-state index contributed by atoms with van der Waals surface area (Å²) < 4.78 is 5.19. The summed E-state index contributed by atoms with van der Waals surface area (Å²) in [4.78, 5) is 20.7. The number of nitrogens with one attached hydrogen (secondary N) is 2. The molecule has 1 heterocycles. The van der Waals surface area contributed by atoms with Gasteiger partial charge in [-0.2, -0.15) is 5.26 Å². The summed E-state index contributed by atoms with van der Waals surface area (Å²) in [5.74, 6) is 1.13. The van der Waals surface area contributed by atoms with Gasteiger partial charge in [-0.3, -0.25) is 0 Å². The molecule has 2 amide bonds. The number of aromatic nitrogens is 2. The summed E-state index contributed by atoms with van der Waals surface area (Å²) in [6, 6.07) is 16.2. The van der Waals surface area contributed by atoms with Crippen molar-refractivity contribution in [1.82, 2.24) is 15.3 Å². The van der Waals surface area contributed by atoms with Crippen molar-refractivity contribution in [3.8, 4) is 23.1 Å². The van der Waals surface area contributed by atoms with Crippen LogP contribution in [0, 0.1) is 11.3 Å². The molecule has 2 aromatic carbocycles. The van der Waals surface area contributed by atoms with Crippen LogP contribution in [0.5, 0.6) is 5.75 Å². The Hall–Kier alpha value is -3.96. The standard InChI is InChI=1S/C22H21N5O3/c1-30-20-6-5-16(13-17(20)14-23)19-7-8-24-21(27-19)12-15-3-2-4-18(11-15)26-22(29)25-9-10-28/h2-8,11,13,28H,9-10,12H2,1H3,(H2,25,26,29). The van der Waals surface area contributed by atoms with Gasteiger partial charge in [-0.1, -0.05) is 12.1 Å². The molecule has 1 aromatic heterocycles. The zero-order chi connectivity index (χ0) is 21.3. The smallest absolute Gasteiger partial charge is 0.319 e. The molecule has 0 unspecified atom stereocenters. The van der Waals surface area contributed by atoms with E-state index in [2.05, 4.69) is 26.7 Å². The molecule has 0 radical (unpaired) electrons. The number of hydrogen-bond acceptors (Lipinski definition) is 6. The predicted octanol–water partition coefficient (Wildman–Crippen LogP) is 2.73. The number of hydrogen-bond donors (Lipinski definition) is 3. The quantitative estimate of drug-likeness (QED) is 0.558. The molecule has 3 N–H and O–H groups in total. The first kappa shape index (κ1) is 20.8. The molecule has 0 aliphatic carbocycles. The van der Waals surface area contributed by atoms with Gasteiger partial charge in [0.25, 0.3) is 0 Å². The predicted molar refractivity (Wildman–Crippen MR) is 112 cm³/mol. The summed E-state index contributed by atoms with van der Waals surface area (Å²) in [6.07, 6.45) is 2.15. The summed E-state index contributed by atoms with van der Waals surface area (Å²) >= 11 is 0. The highest BCUT2D eigenvalue weighted by molar-refractivity contribution is 5.89. The van der Waals surface area contributed by atoms with Gasteiger partial charge in [0, 0.05) is 30.4 Å². The fourth-order valence-electron chi connectivity index (χ4n) is 2.89. The number of nitriles is 1. The molecule has 0 aliphatic heterocycles. The molecule has 0 saturated heterocycles. The minimum Gasteiger partial charge on any atom is -0.495 e. The molecule has 0 atom stereocenters. The third-order valence-electron chi connectivity index (χ3n) is 4.27. The average molecular weight is 403 g/mol. The monoisotopic (exact) mass is 403 g/mol. The number of benzene rings is 2. The van der Waals surface area contributed by atoms with Gasteiger partial charge in [0.05, 0.1) is 25.0 Å². The van der Waals surface area contributed by atoms with Gasteiger partial charge in [-0.05, 0) is 42.0 Å². The number of carbonyl (C=O) groups excluding carboxylic acids is 1. The Morgan fingerprint density at radius 2 is 2.10 bits per heavy atom. The van der Waals surface area contributed by atoms with Crippen molar-refractivity contribution in [2.45, 2.75) is 6.42 Å². The minimum absolute atomic E-state index is 0.120. The molecule has 3 rings (SSSR count). The van der Waals surface area contributed by atoms with E-state index in [0.29, 0.717) is 34.9 Å². The number of carbonyl (C=O) groups is 1. The third kappa shape index (κ3) is 5.31. The van der Waals surface area contributed by atoms with Gasteiger partial charge in [0.2, 0.25) is 0 Å². The van der Waals surface area contributed by atoms with E-state index in [1.807, 2.05) is 24.3 Å². The number of anilines is 1. The number of amides is 2. The van der Waals surface area contributed by atoms with Crippen LogP contribution in [0.1, 0.15) is 17.0 Å². The van der Waals surface area contributed by atoms with Gasteiger partial charge in [-0.25, -0.2) is 14.8 Å². The van der Waals surface area contributed by atoms with E-state index in [1.54, 1.807) is 30.5 Å². The van der Waals surface area contributed by atoms with E-state index in [9.17, 15) is 10.1 Å². The molecule has 0 spiro atoms. The number of methoxy groups -OCH3 is 1. The molecule has 0 aliphatic rings. The van der Waals surface area contributed by atoms with Crippen molar-refractivity contribution in [3.63, 3.8) is 0 Å². The van der Waals surface area contributed by atoms with Gasteiger partial charge < -0.3 is 20.5 Å². The van der Waals surface area contributed by atoms with Gasteiger partial charge in [0.1, 0.15) is 17.6 Å². The third-order valence-corrected chi connectivity index (χ3v) is 4.27. The summed E-state index contributed by atoms with van der Waals surface area (Å²) in [5.41, 5.74) is 3.50. The number of rotatable bonds is 7. The second-order valence-corrected chi connectivity index (χ2v) is 6.37. The maximum Gasteiger partial charge on any atom is 0.319 e. The normalized spacial score (nSPS) is 10.2. The Balaban J connectivity index is 1.77. The molecule has 8 nitrogen and oxygen atoms in total. The lowest BCUT2D eigenvalue weighted by Gasteiger charge is -2.09. The van der Waals surface area contributed by atoms with Crippen LogP contribution in [0.2, 0.25) is 0 Å². The highest BCUT2D eigenvalue weighted by Gasteiger charge is 2.09. The van der Waals surface area contributed by atoms with Crippen LogP contribution in [-0.2, 0) is 6.42 Å².